The van der Waals surface area contributed by atoms with E-state index < -0.39 is 5.60 Å². The van der Waals surface area contributed by atoms with Gasteiger partial charge in [0.25, 0.3) is 5.82 Å². The molecule has 234 valence electrons. The third-order valence-electron chi connectivity index (χ3n) is 8.96. The van der Waals surface area contributed by atoms with Crippen molar-refractivity contribution in [3.8, 4) is 0 Å². The molecule has 1 amide bonds. The standard InChI is InChI=1S/C32H43N9O3/c1-21-12-15-40(22-10-11-23(33-6)36-26(21)22)29-27-28(41(38-29)25-9-7-8-18-43-25)37-24(19-34-27)39-16-13-32(5,14-17-39)20-35-30(42)44-31(2,3)4/h10-11,19,21,25H,7-9,12-18,20H2,1-5H3,(H,35,42)/t21-,25?/m0/s1. The first-order valence-electron chi connectivity index (χ1n) is 15.8. The number of hydrogen-bond donors (Lipinski definition) is 1. The summed E-state index contributed by atoms with van der Waals surface area (Å²) in [5, 5.41) is 8.08. The Morgan fingerprint density at radius 3 is 2.68 bits per heavy atom. The molecule has 0 saturated carbocycles. The van der Waals surface area contributed by atoms with Gasteiger partial charge >= 0.3 is 6.09 Å². The number of alkyl carbamates (subject to hydrolysis) is 1. The van der Waals surface area contributed by atoms with E-state index in [1.807, 2.05) is 37.7 Å². The molecule has 1 unspecified atom stereocenters. The molecule has 6 rings (SSSR count). The summed E-state index contributed by atoms with van der Waals surface area (Å²) in [4.78, 5) is 35.0. The fourth-order valence-electron chi connectivity index (χ4n) is 6.30. The second-order valence-electron chi connectivity index (χ2n) is 13.7. The second-order valence-corrected chi connectivity index (χ2v) is 13.7. The van der Waals surface area contributed by atoms with Gasteiger partial charge in [-0.05, 0) is 76.8 Å². The lowest BCUT2D eigenvalue weighted by Gasteiger charge is -2.40. The maximum atomic E-state index is 12.2. The number of carbonyl (C=O) groups excluding carboxylic acids is 1. The van der Waals surface area contributed by atoms with Crippen LogP contribution in [0.15, 0.2) is 18.3 Å². The Balaban J connectivity index is 1.27. The van der Waals surface area contributed by atoms with E-state index in [0.717, 1.165) is 92.3 Å². The zero-order valence-electron chi connectivity index (χ0n) is 26.5. The third kappa shape index (κ3) is 6.15. The van der Waals surface area contributed by atoms with Crippen LogP contribution in [0.4, 0.5) is 27.9 Å². The number of anilines is 3. The Labute approximate surface area is 259 Å². The molecule has 12 nitrogen and oxygen atoms in total. The molecule has 3 aromatic rings. The highest BCUT2D eigenvalue weighted by Crippen LogP contribution is 2.42. The van der Waals surface area contributed by atoms with E-state index >= 15 is 0 Å². The lowest BCUT2D eigenvalue weighted by atomic mass is 9.80. The van der Waals surface area contributed by atoms with Crippen LogP contribution in [0.3, 0.4) is 0 Å². The van der Waals surface area contributed by atoms with Gasteiger partial charge in [-0.25, -0.2) is 19.4 Å². The molecule has 2 fully saturated rings. The number of rotatable bonds is 5. The molecule has 0 aromatic carbocycles. The van der Waals surface area contributed by atoms with E-state index in [1.54, 1.807) is 6.07 Å². The number of aromatic nitrogens is 5. The molecule has 6 heterocycles. The van der Waals surface area contributed by atoms with Crippen molar-refractivity contribution in [2.24, 2.45) is 5.41 Å². The predicted octanol–water partition coefficient (Wildman–Crippen LogP) is 6.25. The van der Waals surface area contributed by atoms with Gasteiger partial charge in [-0.1, -0.05) is 20.4 Å². The highest BCUT2D eigenvalue weighted by Gasteiger charge is 2.35. The molecule has 44 heavy (non-hydrogen) atoms. The Bertz CT molecular complexity index is 1560. The minimum absolute atomic E-state index is 0.0320. The zero-order chi connectivity index (χ0) is 31.1. The van der Waals surface area contributed by atoms with Crippen molar-refractivity contribution in [1.29, 1.82) is 0 Å². The smallest absolute Gasteiger partial charge is 0.407 e. The monoisotopic (exact) mass is 601 g/mol. The van der Waals surface area contributed by atoms with E-state index in [1.165, 1.54) is 0 Å². The average Bonchev–Trinajstić information content (AvgIpc) is 3.39. The molecule has 1 N–H and O–H groups in total. The summed E-state index contributed by atoms with van der Waals surface area (Å²) in [5.41, 5.74) is 2.79. The summed E-state index contributed by atoms with van der Waals surface area (Å²) in [5.74, 6) is 2.23. The highest BCUT2D eigenvalue weighted by molar-refractivity contribution is 5.88. The zero-order valence-corrected chi connectivity index (χ0v) is 26.5. The minimum atomic E-state index is -0.518. The van der Waals surface area contributed by atoms with Crippen LogP contribution < -0.4 is 15.1 Å². The minimum Gasteiger partial charge on any atom is -0.444 e. The Hall–Kier alpha value is -3.98. The van der Waals surface area contributed by atoms with Crippen molar-refractivity contribution in [3.05, 3.63) is 35.4 Å². The molecule has 0 bridgehead atoms. The van der Waals surface area contributed by atoms with Crippen LogP contribution in [0.5, 0.6) is 0 Å². The van der Waals surface area contributed by atoms with Gasteiger partial charge in [0.2, 0.25) is 0 Å². The van der Waals surface area contributed by atoms with E-state index in [2.05, 4.69) is 38.8 Å². The van der Waals surface area contributed by atoms with Crippen molar-refractivity contribution in [3.63, 3.8) is 0 Å². The van der Waals surface area contributed by atoms with Crippen LogP contribution in [0.1, 0.15) is 91.0 Å². The van der Waals surface area contributed by atoms with Gasteiger partial charge in [-0.2, -0.15) is 0 Å². The topological polar surface area (TPSA) is 115 Å². The van der Waals surface area contributed by atoms with Crippen molar-refractivity contribution >= 4 is 40.4 Å². The maximum absolute atomic E-state index is 12.2. The second kappa shape index (κ2) is 11.8. The third-order valence-corrected chi connectivity index (χ3v) is 8.96. The summed E-state index contributed by atoms with van der Waals surface area (Å²) in [6, 6.07) is 3.76. The number of nitrogens with one attached hydrogen (secondary N) is 1. The van der Waals surface area contributed by atoms with Gasteiger partial charge in [-0.3, -0.25) is 0 Å². The van der Waals surface area contributed by atoms with Gasteiger partial charge in [0.1, 0.15) is 11.4 Å². The number of ether oxygens (including phenoxy) is 2. The summed E-state index contributed by atoms with van der Waals surface area (Å²) < 4.78 is 13.5. The van der Waals surface area contributed by atoms with Crippen LogP contribution in [-0.2, 0) is 9.47 Å². The molecule has 2 atom stereocenters. The van der Waals surface area contributed by atoms with E-state index in [0.29, 0.717) is 19.0 Å². The number of amides is 1. The van der Waals surface area contributed by atoms with Crippen LogP contribution in [0.2, 0.25) is 0 Å². The number of carbonyl (C=O) groups is 1. The molecule has 3 aliphatic rings. The van der Waals surface area contributed by atoms with Gasteiger partial charge in [0.05, 0.1) is 11.9 Å². The Morgan fingerprint density at radius 2 is 1.98 bits per heavy atom. The molecular formula is C32H43N9O3. The fraction of sp³-hybridized carbons (Fsp3) is 0.625. The molecule has 0 aliphatic carbocycles. The molecular weight excluding hydrogens is 558 g/mol. The first-order valence-corrected chi connectivity index (χ1v) is 15.8. The van der Waals surface area contributed by atoms with Gasteiger partial charge in [0.15, 0.2) is 28.9 Å². The number of piperidine rings is 1. The van der Waals surface area contributed by atoms with E-state index in [9.17, 15) is 4.79 Å². The average molecular weight is 602 g/mol. The summed E-state index contributed by atoms with van der Waals surface area (Å²) in [6.45, 7) is 21.1. The number of nitrogens with zero attached hydrogens (tertiary/aromatic N) is 8. The van der Waals surface area contributed by atoms with Crippen molar-refractivity contribution in [2.45, 2.75) is 90.9 Å². The van der Waals surface area contributed by atoms with Crippen molar-refractivity contribution in [2.75, 3.05) is 42.6 Å². The maximum Gasteiger partial charge on any atom is 0.407 e. The largest absolute Gasteiger partial charge is 0.444 e. The summed E-state index contributed by atoms with van der Waals surface area (Å²) >= 11 is 0. The first-order chi connectivity index (χ1) is 21.0. The van der Waals surface area contributed by atoms with Crippen molar-refractivity contribution < 1.29 is 14.3 Å². The number of hydrogen-bond acceptors (Lipinski definition) is 9. The van der Waals surface area contributed by atoms with Crippen LogP contribution >= 0.6 is 0 Å². The van der Waals surface area contributed by atoms with Gasteiger partial charge in [0, 0.05) is 38.7 Å². The Kier molecular flexibility index (Phi) is 8.09. The molecule has 3 aromatic heterocycles. The SMILES string of the molecule is [C-]#[N+]c1ccc2c(n1)[C@@H](C)CCN2c1nn(C2CCCCO2)c2nc(N3CCC(C)(CNC(=O)OC(C)(C)C)CC3)cnc12. The Morgan fingerprint density at radius 1 is 1.18 bits per heavy atom. The molecule has 3 aliphatic heterocycles. The van der Waals surface area contributed by atoms with Gasteiger partial charge in [-0.15, -0.1) is 10.1 Å². The lowest BCUT2D eigenvalue weighted by molar-refractivity contribution is -0.0368. The van der Waals surface area contributed by atoms with Crippen LogP contribution in [-0.4, -0.2) is 69.2 Å². The van der Waals surface area contributed by atoms with E-state index in [-0.39, 0.29) is 23.7 Å². The fourth-order valence-corrected chi connectivity index (χ4v) is 6.30. The highest BCUT2D eigenvalue weighted by atomic mass is 16.6. The molecule has 0 radical (unpaired) electrons. The quantitative estimate of drug-likeness (QED) is 0.339. The van der Waals surface area contributed by atoms with Crippen LogP contribution in [0.25, 0.3) is 16.0 Å². The number of pyridine rings is 1. The predicted molar refractivity (Wildman–Crippen MR) is 168 cm³/mol. The van der Waals surface area contributed by atoms with Crippen LogP contribution in [0, 0.1) is 12.0 Å². The molecule has 2 saturated heterocycles. The summed E-state index contributed by atoms with van der Waals surface area (Å²) in [6.07, 6.45) is 6.98. The first kappa shape index (κ1) is 30.1. The van der Waals surface area contributed by atoms with Crippen molar-refractivity contribution in [1.82, 2.24) is 30.0 Å². The van der Waals surface area contributed by atoms with Gasteiger partial charge < -0.3 is 29.4 Å². The number of fused-ring (bicyclic) bond motifs is 2. The summed E-state index contributed by atoms with van der Waals surface area (Å²) in [7, 11) is 0. The lowest BCUT2D eigenvalue weighted by Crippen LogP contribution is -2.46. The molecule has 12 heteroatoms. The molecule has 0 spiro atoms. The van der Waals surface area contributed by atoms with E-state index in [4.69, 9.17) is 31.1 Å². The normalized spacial score (nSPS) is 21.9.